The van der Waals surface area contributed by atoms with Gasteiger partial charge in [0.2, 0.25) is 0 Å². The number of hydrogen-bond donors (Lipinski definition) is 1. The molecule has 0 amide bonds. The molecule has 0 aromatic heterocycles. The maximum Gasteiger partial charge on any atom is 0.133 e. The number of hydrogen-bond acceptors (Lipinski definition) is 4. The van der Waals surface area contributed by atoms with Crippen molar-refractivity contribution in [2.45, 2.75) is 6.10 Å². The Morgan fingerprint density at radius 1 is 0.680 bits per heavy atom. The van der Waals surface area contributed by atoms with E-state index in [1.165, 1.54) is 0 Å². The molecule has 0 heterocycles. The van der Waals surface area contributed by atoms with E-state index in [1.807, 2.05) is 72.8 Å². The third-order valence-corrected chi connectivity index (χ3v) is 3.93. The second kappa shape index (κ2) is 7.73. The van der Waals surface area contributed by atoms with Gasteiger partial charge >= 0.3 is 0 Å². The summed E-state index contributed by atoms with van der Waals surface area (Å²) in [7, 11) is 3.24. The van der Waals surface area contributed by atoms with Gasteiger partial charge in [-0.25, -0.2) is 0 Å². The number of aliphatic hydroxyl groups excluding tert-OH is 1. The van der Waals surface area contributed by atoms with E-state index >= 15 is 0 Å². The summed E-state index contributed by atoms with van der Waals surface area (Å²) in [6, 6.07) is 22.1. The number of benzene rings is 3. The van der Waals surface area contributed by atoms with Crippen molar-refractivity contribution in [1.82, 2.24) is 0 Å². The normalized spacial score (nSPS) is 11.6. The van der Waals surface area contributed by atoms with Gasteiger partial charge in [0, 0.05) is 5.56 Å². The van der Waals surface area contributed by atoms with Crippen LogP contribution in [0.25, 0.3) is 0 Å². The van der Waals surface area contributed by atoms with E-state index in [2.05, 4.69) is 0 Å². The molecule has 4 nitrogen and oxygen atoms in total. The smallest absolute Gasteiger partial charge is 0.133 e. The molecule has 0 saturated heterocycles. The summed E-state index contributed by atoms with van der Waals surface area (Å²) < 4.78 is 16.3. The maximum atomic E-state index is 10.8. The summed E-state index contributed by atoms with van der Waals surface area (Å²) in [4.78, 5) is 0. The van der Waals surface area contributed by atoms with Crippen molar-refractivity contribution in [2.24, 2.45) is 0 Å². The summed E-state index contributed by atoms with van der Waals surface area (Å²) in [5, 5.41) is 10.8. The molecule has 0 aliphatic heterocycles. The van der Waals surface area contributed by atoms with Crippen molar-refractivity contribution in [3.05, 3.63) is 83.9 Å². The van der Waals surface area contributed by atoms with Crippen molar-refractivity contribution >= 4 is 0 Å². The number of methoxy groups -OCH3 is 2. The van der Waals surface area contributed by atoms with Crippen LogP contribution >= 0.6 is 0 Å². The van der Waals surface area contributed by atoms with Crippen molar-refractivity contribution in [3.8, 4) is 23.0 Å². The highest BCUT2D eigenvalue weighted by Crippen LogP contribution is 2.33. The van der Waals surface area contributed by atoms with Gasteiger partial charge in [-0.3, -0.25) is 0 Å². The Kier molecular flexibility index (Phi) is 5.21. The van der Waals surface area contributed by atoms with Gasteiger partial charge in [-0.05, 0) is 48.0 Å². The molecule has 1 atom stereocenters. The molecule has 0 saturated carbocycles. The molecular formula is C21H20O4. The SMILES string of the molecule is COc1ccc(Oc2ccccc2C(O)c2ccc(OC)cc2)cc1. The van der Waals surface area contributed by atoms with Crippen molar-refractivity contribution in [2.75, 3.05) is 14.2 Å². The fourth-order valence-electron chi connectivity index (χ4n) is 2.54. The quantitative estimate of drug-likeness (QED) is 0.716. The Balaban J connectivity index is 1.86. The van der Waals surface area contributed by atoms with Crippen LogP contribution in [0, 0.1) is 0 Å². The van der Waals surface area contributed by atoms with E-state index in [0.29, 0.717) is 17.1 Å². The van der Waals surface area contributed by atoms with Crippen LogP contribution in [0.1, 0.15) is 17.2 Å². The first-order valence-electron chi connectivity index (χ1n) is 7.94. The molecule has 0 spiro atoms. The van der Waals surface area contributed by atoms with Gasteiger partial charge in [0.15, 0.2) is 0 Å². The second-order valence-corrected chi connectivity index (χ2v) is 5.49. The third-order valence-electron chi connectivity index (χ3n) is 3.93. The lowest BCUT2D eigenvalue weighted by Crippen LogP contribution is -2.02. The standard InChI is InChI=1S/C21H20O4/c1-23-16-9-7-15(8-10-16)21(22)19-5-3-4-6-20(19)25-18-13-11-17(24-2)12-14-18/h3-14,21-22H,1-2H3. The second-order valence-electron chi connectivity index (χ2n) is 5.49. The molecule has 1 unspecified atom stereocenters. The predicted octanol–water partition coefficient (Wildman–Crippen LogP) is 4.58. The minimum atomic E-state index is -0.791. The van der Waals surface area contributed by atoms with Crippen LogP contribution < -0.4 is 14.2 Å². The first-order chi connectivity index (χ1) is 12.2. The number of ether oxygens (including phenoxy) is 3. The largest absolute Gasteiger partial charge is 0.497 e. The predicted molar refractivity (Wildman–Crippen MR) is 96.6 cm³/mol. The van der Waals surface area contributed by atoms with Crippen LogP contribution in [0.15, 0.2) is 72.8 Å². The molecule has 4 heteroatoms. The third kappa shape index (κ3) is 3.92. The van der Waals surface area contributed by atoms with E-state index < -0.39 is 6.10 Å². The van der Waals surface area contributed by atoms with Gasteiger partial charge in [-0.2, -0.15) is 0 Å². The van der Waals surface area contributed by atoms with Gasteiger partial charge in [0.25, 0.3) is 0 Å². The molecule has 0 fully saturated rings. The summed E-state index contributed by atoms with van der Waals surface area (Å²) in [6.07, 6.45) is -0.791. The van der Waals surface area contributed by atoms with E-state index in [1.54, 1.807) is 14.2 Å². The summed E-state index contributed by atoms with van der Waals surface area (Å²) in [6.45, 7) is 0. The highest BCUT2D eigenvalue weighted by atomic mass is 16.5. The average molecular weight is 336 g/mol. The minimum Gasteiger partial charge on any atom is -0.497 e. The highest BCUT2D eigenvalue weighted by molar-refractivity contribution is 5.44. The summed E-state index contributed by atoms with van der Waals surface area (Å²) in [5.41, 5.74) is 1.47. The molecule has 0 aliphatic rings. The lowest BCUT2D eigenvalue weighted by atomic mass is 10.0. The molecule has 0 bridgehead atoms. The Labute approximate surface area is 147 Å². The summed E-state index contributed by atoms with van der Waals surface area (Å²) in [5.74, 6) is 2.80. The average Bonchev–Trinajstić information content (AvgIpc) is 2.68. The number of aliphatic hydroxyl groups is 1. The first kappa shape index (κ1) is 16.9. The molecule has 25 heavy (non-hydrogen) atoms. The van der Waals surface area contributed by atoms with Crippen molar-refractivity contribution in [1.29, 1.82) is 0 Å². The van der Waals surface area contributed by atoms with E-state index in [0.717, 1.165) is 17.1 Å². The van der Waals surface area contributed by atoms with Crippen LogP contribution in [0.4, 0.5) is 0 Å². The molecule has 3 aromatic carbocycles. The van der Waals surface area contributed by atoms with Gasteiger partial charge in [-0.1, -0.05) is 30.3 Å². The van der Waals surface area contributed by atoms with Crippen LogP contribution in [0.5, 0.6) is 23.0 Å². The summed E-state index contributed by atoms with van der Waals surface area (Å²) >= 11 is 0. The lowest BCUT2D eigenvalue weighted by Gasteiger charge is -2.17. The van der Waals surface area contributed by atoms with Gasteiger partial charge in [0.05, 0.1) is 14.2 Å². The highest BCUT2D eigenvalue weighted by Gasteiger charge is 2.16. The van der Waals surface area contributed by atoms with E-state index in [9.17, 15) is 5.11 Å². The van der Waals surface area contributed by atoms with Gasteiger partial charge in [-0.15, -0.1) is 0 Å². The van der Waals surface area contributed by atoms with Crippen LogP contribution in [-0.2, 0) is 0 Å². The Hall–Kier alpha value is -2.98. The molecular weight excluding hydrogens is 316 g/mol. The molecule has 128 valence electrons. The van der Waals surface area contributed by atoms with Gasteiger partial charge < -0.3 is 19.3 Å². The zero-order valence-electron chi connectivity index (χ0n) is 14.2. The fourth-order valence-corrected chi connectivity index (χ4v) is 2.54. The van der Waals surface area contributed by atoms with E-state index in [4.69, 9.17) is 14.2 Å². The number of rotatable bonds is 6. The van der Waals surface area contributed by atoms with Gasteiger partial charge in [0.1, 0.15) is 29.1 Å². The zero-order chi connectivity index (χ0) is 17.6. The topological polar surface area (TPSA) is 47.9 Å². The zero-order valence-corrected chi connectivity index (χ0v) is 14.2. The molecule has 0 radical (unpaired) electrons. The molecule has 3 rings (SSSR count). The Morgan fingerprint density at radius 3 is 1.80 bits per heavy atom. The van der Waals surface area contributed by atoms with Crippen molar-refractivity contribution in [3.63, 3.8) is 0 Å². The van der Waals surface area contributed by atoms with Crippen molar-refractivity contribution < 1.29 is 19.3 Å². The molecule has 0 aliphatic carbocycles. The lowest BCUT2D eigenvalue weighted by molar-refractivity contribution is 0.216. The maximum absolute atomic E-state index is 10.8. The van der Waals surface area contributed by atoms with Crippen LogP contribution in [0.2, 0.25) is 0 Å². The Bertz CT molecular complexity index is 810. The van der Waals surface area contributed by atoms with Crippen LogP contribution in [0.3, 0.4) is 0 Å². The Morgan fingerprint density at radius 2 is 1.20 bits per heavy atom. The van der Waals surface area contributed by atoms with Crippen LogP contribution in [-0.4, -0.2) is 19.3 Å². The minimum absolute atomic E-state index is 0.607. The number of para-hydroxylation sites is 1. The first-order valence-corrected chi connectivity index (χ1v) is 7.94. The molecule has 1 N–H and O–H groups in total. The fraction of sp³-hybridized carbons (Fsp3) is 0.143. The van der Waals surface area contributed by atoms with E-state index in [-0.39, 0.29) is 0 Å². The molecule has 3 aromatic rings. The monoisotopic (exact) mass is 336 g/mol.